The van der Waals surface area contributed by atoms with Gasteiger partial charge in [0.2, 0.25) is 5.89 Å². The third-order valence-electron chi connectivity index (χ3n) is 4.62. The zero-order valence-corrected chi connectivity index (χ0v) is 17.0. The molecule has 0 spiro atoms. The van der Waals surface area contributed by atoms with Crippen LogP contribution >= 0.6 is 0 Å². The van der Waals surface area contributed by atoms with Crippen molar-refractivity contribution in [2.45, 2.75) is 0 Å². The van der Waals surface area contributed by atoms with Gasteiger partial charge < -0.3 is 14.5 Å². The zero-order chi connectivity index (χ0) is 22.5. The predicted molar refractivity (Wildman–Crippen MR) is 118 cm³/mol. The number of hydrogen-bond acceptors (Lipinski definition) is 5. The number of methoxy groups -OCH3 is 1. The van der Waals surface area contributed by atoms with Gasteiger partial charge in [-0.2, -0.15) is 0 Å². The normalized spacial score (nSPS) is 10.4. The van der Waals surface area contributed by atoms with Crippen LogP contribution in [0, 0.1) is 5.82 Å². The molecule has 0 radical (unpaired) electrons. The van der Waals surface area contributed by atoms with Crippen LogP contribution in [0.2, 0.25) is 0 Å². The second-order valence-electron chi connectivity index (χ2n) is 6.70. The van der Waals surface area contributed by atoms with Gasteiger partial charge in [0.25, 0.3) is 5.91 Å². The Morgan fingerprint density at radius 2 is 1.50 bits per heavy atom. The van der Waals surface area contributed by atoms with Crippen molar-refractivity contribution in [3.8, 4) is 22.8 Å². The molecule has 0 fully saturated rings. The largest absolute Gasteiger partial charge is 0.453 e. The minimum atomic E-state index is -0.587. The van der Waals surface area contributed by atoms with E-state index in [1.54, 1.807) is 66.7 Å². The van der Waals surface area contributed by atoms with Crippen molar-refractivity contribution in [2.24, 2.45) is 0 Å². The lowest BCUT2D eigenvalue weighted by Crippen LogP contribution is -2.14. The van der Waals surface area contributed by atoms with Crippen LogP contribution < -0.4 is 10.6 Å². The molecule has 160 valence electrons. The maximum atomic E-state index is 14.1. The summed E-state index contributed by atoms with van der Waals surface area (Å²) in [7, 11) is 1.27. The molecule has 3 aromatic carbocycles. The predicted octanol–water partition coefficient (Wildman–Crippen LogP) is 5.58. The number of halogens is 1. The molecule has 0 atom stereocenters. The SMILES string of the molecule is COC(=O)Nc1ccc(NC(=O)c2ccccc2-c2ncc(-c3ccccc3F)o2)cc1. The first kappa shape index (κ1) is 20.8. The quantitative estimate of drug-likeness (QED) is 0.430. The maximum Gasteiger partial charge on any atom is 0.411 e. The van der Waals surface area contributed by atoms with Crippen molar-refractivity contribution in [3.05, 3.63) is 90.4 Å². The third-order valence-corrected chi connectivity index (χ3v) is 4.62. The van der Waals surface area contributed by atoms with Gasteiger partial charge in [-0.25, -0.2) is 14.2 Å². The molecule has 0 saturated heterocycles. The van der Waals surface area contributed by atoms with Gasteiger partial charge in [0, 0.05) is 16.9 Å². The molecule has 0 aliphatic rings. The summed E-state index contributed by atoms with van der Waals surface area (Å²) >= 11 is 0. The van der Waals surface area contributed by atoms with Crippen LogP contribution in [-0.4, -0.2) is 24.1 Å². The summed E-state index contributed by atoms with van der Waals surface area (Å²) in [4.78, 5) is 28.4. The molecule has 0 aliphatic heterocycles. The van der Waals surface area contributed by atoms with Crippen molar-refractivity contribution in [1.82, 2.24) is 4.98 Å². The first-order valence-electron chi connectivity index (χ1n) is 9.61. The minimum absolute atomic E-state index is 0.201. The van der Waals surface area contributed by atoms with Crippen molar-refractivity contribution >= 4 is 23.4 Å². The van der Waals surface area contributed by atoms with Crippen LogP contribution in [0.25, 0.3) is 22.8 Å². The Balaban J connectivity index is 1.56. The molecule has 0 unspecified atom stereocenters. The highest BCUT2D eigenvalue weighted by molar-refractivity contribution is 6.08. The number of nitrogens with one attached hydrogen (secondary N) is 2. The van der Waals surface area contributed by atoms with Gasteiger partial charge >= 0.3 is 6.09 Å². The molecule has 32 heavy (non-hydrogen) atoms. The fourth-order valence-electron chi connectivity index (χ4n) is 3.06. The monoisotopic (exact) mass is 431 g/mol. The van der Waals surface area contributed by atoms with E-state index < -0.39 is 11.9 Å². The summed E-state index contributed by atoms with van der Waals surface area (Å²) in [6.07, 6.45) is 0.839. The molecule has 0 bridgehead atoms. The van der Waals surface area contributed by atoms with Gasteiger partial charge in [-0.15, -0.1) is 0 Å². The van der Waals surface area contributed by atoms with E-state index in [0.29, 0.717) is 22.5 Å². The Morgan fingerprint density at radius 3 is 2.19 bits per heavy atom. The Bertz CT molecular complexity index is 1270. The molecule has 2 N–H and O–H groups in total. The van der Waals surface area contributed by atoms with E-state index in [-0.39, 0.29) is 23.1 Å². The smallest absolute Gasteiger partial charge is 0.411 e. The number of aromatic nitrogens is 1. The van der Waals surface area contributed by atoms with Crippen molar-refractivity contribution in [2.75, 3.05) is 17.7 Å². The molecule has 1 aromatic heterocycles. The van der Waals surface area contributed by atoms with Crippen LogP contribution in [0.15, 0.2) is 83.4 Å². The number of oxazole rings is 1. The van der Waals surface area contributed by atoms with Crippen LogP contribution in [0.5, 0.6) is 0 Å². The fraction of sp³-hybridized carbons (Fsp3) is 0.0417. The Labute approximate surface area is 182 Å². The van der Waals surface area contributed by atoms with Gasteiger partial charge in [0.1, 0.15) is 5.82 Å². The van der Waals surface area contributed by atoms with Crippen molar-refractivity contribution in [3.63, 3.8) is 0 Å². The number of nitrogens with zero attached hydrogens (tertiary/aromatic N) is 1. The lowest BCUT2D eigenvalue weighted by atomic mass is 10.1. The van der Waals surface area contributed by atoms with E-state index in [0.717, 1.165) is 0 Å². The number of carbonyl (C=O) groups excluding carboxylic acids is 2. The second-order valence-corrected chi connectivity index (χ2v) is 6.70. The molecule has 0 aliphatic carbocycles. The minimum Gasteiger partial charge on any atom is -0.453 e. The standard InChI is InChI=1S/C24H18FN3O4/c1-31-24(30)28-16-12-10-15(11-13-16)27-22(29)17-6-2-3-7-18(17)23-26-14-21(32-23)19-8-4-5-9-20(19)25/h2-14H,1H3,(H,27,29)(H,28,30). The average Bonchev–Trinajstić information content (AvgIpc) is 3.30. The molecule has 1 heterocycles. The summed E-state index contributed by atoms with van der Waals surface area (Å²) in [6.45, 7) is 0. The summed E-state index contributed by atoms with van der Waals surface area (Å²) in [6, 6.07) is 19.6. The molecule has 8 heteroatoms. The van der Waals surface area contributed by atoms with E-state index in [1.165, 1.54) is 19.4 Å². The summed E-state index contributed by atoms with van der Waals surface area (Å²) in [5.41, 5.74) is 2.15. The van der Waals surface area contributed by atoms with Crippen LogP contribution in [0.4, 0.5) is 20.6 Å². The summed E-state index contributed by atoms with van der Waals surface area (Å²) in [5.74, 6) is -0.333. The zero-order valence-electron chi connectivity index (χ0n) is 17.0. The molecule has 4 rings (SSSR count). The molecular weight excluding hydrogens is 413 g/mol. The fourth-order valence-corrected chi connectivity index (χ4v) is 3.06. The van der Waals surface area contributed by atoms with E-state index in [2.05, 4.69) is 20.4 Å². The van der Waals surface area contributed by atoms with E-state index in [9.17, 15) is 14.0 Å². The second kappa shape index (κ2) is 9.13. The lowest BCUT2D eigenvalue weighted by Gasteiger charge is -2.09. The van der Waals surface area contributed by atoms with Gasteiger partial charge in [0.05, 0.1) is 24.4 Å². The van der Waals surface area contributed by atoms with Gasteiger partial charge in [0.15, 0.2) is 5.76 Å². The molecule has 0 saturated carbocycles. The van der Waals surface area contributed by atoms with E-state index in [4.69, 9.17) is 4.42 Å². The van der Waals surface area contributed by atoms with Crippen LogP contribution in [0.1, 0.15) is 10.4 Å². The Morgan fingerprint density at radius 1 is 0.875 bits per heavy atom. The molecule has 2 amide bonds. The number of benzene rings is 3. The maximum absolute atomic E-state index is 14.1. The summed E-state index contributed by atoms with van der Waals surface area (Å²) < 4.78 is 24.4. The molecule has 4 aromatic rings. The first-order valence-corrected chi connectivity index (χ1v) is 9.61. The Hall–Kier alpha value is -4.46. The number of carbonyl (C=O) groups is 2. The third kappa shape index (κ3) is 4.49. The van der Waals surface area contributed by atoms with Crippen LogP contribution in [0.3, 0.4) is 0 Å². The lowest BCUT2D eigenvalue weighted by molar-refractivity contribution is 0.102. The first-order chi connectivity index (χ1) is 15.5. The highest BCUT2D eigenvalue weighted by Crippen LogP contribution is 2.30. The number of ether oxygens (including phenoxy) is 1. The highest BCUT2D eigenvalue weighted by Gasteiger charge is 2.18. The van der Waals surface area contributed by atoms with E-state index in [1.807, 2.05) is 0 Å². The molecule has 7 nitrogen and oxygen atoms in total. The number of rotatable bonds is 5. The molecular formula is C24H18FN3O4. The number of hydrogen-bond donors (Lipinski definition) is 2. The Kier molecular flexibility index (Phi) is 5.94. The summed E-state index contributed by atoms with van der Waals surface area (Å²) in [5, 5.41) is 5.33. The van der Waals surface area contributed by atoms with Crippen LogP contribution in [-0.2, 0) is 4.74 Å². The average molecular weight is 431 g/mol. The van der Waals surface area contributed by atoms with Gasteiger partial charge in [-0.1, -0.05) is 24.3 Å². The van der Waals surface area contributed by atoms with Gasteiger partial charge in [-0.3, -0.25) is 10.1 Å². The van der Waals surface area contributed by atoms with Gasteiger partial charge in [-0.05, 0) is 48.5 Å². The highest BCUT2D eigenvalue weighted by atomic mass is 19.1. The van der Waals surface area contributed by atoms with E-state index >= 15 is 0 Å². The number of anilines is 2. The van der Waals surface area contributed by atoms with Crippen molar-refractivity contribution in [1.29, 1.82) is 0 Å². The topological polar surface area (TPSA) is 93.5 Å². The van der Waals surface area contributed by atoms with Crippen molar-refractivity contribution < 1.29 is 23.1 Å². The number of amides is 2.